The van der Waals surface area contributed by atoms with Crippen LogP contribution in [0.2, 0.25) is 0 Å². The molecule has 4 nitrogen and oxygen atoms in total. The van der Waals surface area contributed by atoms with E-state index in [9.17, 15) is 8.78 Å². The fraction of sp³-hybridized carbons (Fsp3) is 0.500. The van der Waals surface area contributed by atoms with E-state index in [1.54, 1.807) is 6.07 Å². The Balaban J connectivity index is 2.73. The number of aromatic nitrogens is 2. The predicted molar refractivity (Wildman–Crippen MR) is 49.2 cm³/mol. The molecule has 1 aromatic rings. The molecule has 2 N–H and O–H groups in total. The monoisotopic (exact) mass is 202 g/mol. The fourth-order valence-electron chi connectivity index (χ4n) is 0.971. The zero-order valence-electron chi connectivity index (χ0n) is 7.82. The third kappa shape index (κ3) is 2.88. The van der Waals surface area contributed by atoms with Crippen LogP contribution in [0.4, 0.5) is 14.7 Å². The maximum absolute atomic E-state index is 12.0. The fourth-order valence-corrected chi connectivity index (χ4v) is 0.971. The number of alkyl halides is 2. The van der Waals surface area contributed by atoms with Gasteiger partial charge in [0.1, 0.15) is 0 Å². The maximum Gasteiger partial charge on any atom is 0.255 e. The standard InChI is InChI=1S/C8H12F2N4/c1-14(5-7(9)10)8-12-3-2-6(4-11)13-8/h2-3,7H,4-5,11H2,1H3. The van der Waals surface area contributed by atoms with Gasteiger partial charge < -0.3 is 10.6 Å². The second-order valence-corrected chi connectivity index (χ2v) is 2.82. The first-order chi connectivity index (χ1) is 6.63. The molecule has 6 heteroatoms. The van der Waals surface area contributed by atoms with Gasteiger partial charge in [0.15, 0.2) is 0 Å². The van der Waals surface area contributed by atoms with E-state index in [0.29, 0.717) is 5.69 Å². The zero-order valence-corrected chi connectivity index (χ0v) is 7.82. The molecule has 0 aliphatic rings. The molecule has 0 fully saturated rings. The van der Waals surface area contributed by atoms with Crippen molar-refractivity contribution < 1.29 is 8.78 Å². The summed E-state index contributed by atoms with van der Waals surface area (Å²) in [6.45, 7) is -0.105. The van der Waals surface area contributed by atoms with Gasteiger partial charge in [0.2, 0.25) is 5.95 Å². The number of hydrogen-bond acceptors (Lipinski definition) is 4. The Kier molecular flexibility index (Phi) is 3.70. The van der Waals surface area contributed by atoms with Gasteiger partial charge in [-0.1, -0.05) is 0 Å². The Morgan fingerprint density at radius 1 is 1.57 bits per heavy atom. The number of halogens is 2. The Hall–Kier alpha value is -1.30. The molecule has 14 heavy (non-hydrogen) atoms. The summed E-state index contributed by atoms with van der Waals surface area (Å²) in [6, 6.07) is 1.65. The topological polar surface area (TPSA) is 55.0 Å². The van der Waals surface area contributed by atoms with Gasteiger partial charge >= 0.3 is 0 Å². The highest BCUT2D eigenvalue weighted by atomic mass is 19.3. The van der Waals surface area contributed by atoms with Crippen LogP contribution in [0, 0.1) is 0 Å². The van der Waals surface area contributed by atoms with Crippen LogP contribution >= 0.6 is 0 Å². The summed E-state index contributed by atoms with van der Waals surface area (Å²) in [6.07, 6.45) is -0.892. The van der Waals surface area contributed by atoms with E-state index in [1.807, 2.05) is 0 Å². The van der Waals surface area contributed by atoms with E-state index < -0.39 is 6.43 Å². The summed E-state index contributed by atoms with van der Waals surface area (Å²) in [7, 11) is 1.52. The van der Waals surface area contributed by atoms with Gasteiger partial charge in [-0.05, 0) is 6.07 Å². The van der Waals surface area contributed by atoms with Crippen LogP contribution in [-0.2, 0) is 6.54 Å². The predicted octanol–water partition coefficient (Wildman–Crippen LogP) is 0.637. The van der Waals surface area contributed by atoms with Gasteiger partial charge in [-0.15, -0.1) is 0 Å². The molecule has 1 aromatic heterocycles. The third-order valence-electron chi connectivity index (χ3n) is 1.66. The van der Waals surface area contributed by atoms with Crippen molar-refractivity contribution >= 4 is 5.95 Å². The Morgan fingerprint density at radius 2 is 2.29 bits per heavy atom. The van der Waals surface area contributed by atoms with E-state index in [1.165, 1.54) is 18.1 Å². The van der Waals surface area contributed by atoms with Crippen LogP contribution in [-0.4, -0.2) is 30.0 Å². The number of nitrogens with zero attached hydrogens (tertiary/aromatic N) is 3. The van der Waals surface area contributed by atoms with Crippen molar-refractivity contribution in [2.45, 2.75) is 13.0 Å². The summed E-state index contributed by atoms with van der Waals surface area (Å²) in [5, 5.41) is 0. The van der Waals surface area contributed by atoms with Crippen molar-refractivity contribution in [2.75, 3.05) is 18.5 Å². The molecule has 0 aromatic carbocycles. The number of anilines is 1. The summed E-state index contributed by atoms with van der Waals surface area (Å²) >= 11 is 0. The first kappa shape index (κ1) is 10.8. The quantitative estimate of drug-likeness (QED) is 0.778. The minimum atomic E-state index is -2.40. The summed E-state index contributed by atoms with van der Waals surface area (Å²) < 4.78 is 24.1. The Labute approximate surface area is 80.8 Å². The van der Waals surface area contributed by atoms with Gasteiger partial charge in [0.25, 0.3) is 6.43 Å². The van der Waals surface area contributed by atoms with Gasteiger partial charge in [0, 0.05) is 19.8 Å². The highest BCUT2D eigenvalue weighted by molar-refractivity contribution is 5.28. The molecule has 1 rings (SSSR count). The Morgan fingerprint density at radius 3 is 2.86 bits per heavy atom. The molecular weight excluding hydrogens is 190 g/mol. The Bertz CT molecular complexity index is 292. The average Bonchev–Trinajstić information content (AvgIpc) is 2.17. The smallest absolute Gasteiger partial charge is 0.255 e. The second kappa shape index (κ2) is 4.80. The summed E-state index contributed by atoms with van der Waals surface area (Å²) in [5.74, 6) is 0.272. The van der Waals surface area contributed by atoms with Crippen LogP contribution in [0.3, 0.4) is 0 Å². The van der Waals surface area contributed by atoms with E-state index in [4.69, 9.17) is 5.73 Å². The normalized spacial score (nSPS) is 10.6. The molecule has 0 radical (unpaired) electrons. The van der Waals surface area contributed by atoms with Crippen LogP contribution in [0.5, 0.6) is 0 Å². The minimum Gasteiger partial charge on any atom is -0.338 e. The van der Waals surface area contributed by atoms with Crippen molar-refractivity contribution in [1.82, 2.24) is 9.97 Å². The van der Waals surface area contributed by atoms with E-state index in [2.05, 4.69) is 9.97 Å². The van der Waals surface area contributed by atoms with E-state index >= 15 is 0 Å². The lowest BCUT2D eigenvalue weighted by molar-refractivity contribution is 0.156. The molecule has 0 saturated carbocycles. The van der Waals surface area contributed by atoms with Crippen molar-refractivity contribution in [1.29, 1.82) is 0 Å². The lowest BCUT2D eigenvalue weighted by Gasteiger charge is -2.16. The molecule has 0 spiro atoms. The lowest BCUT2D eigenvalue weighted by atomic mass is 10.4. The molecule has 0 saturated heterocycles. The van der Waals surface area contributed by atoms with E-state index in [-0.39, 0.29) is 19.0 Å². The highest BCUT2D eigenvalue weighted by Gasteiger charge is 2.10. The minimum absolute atomic E-state index is 0.272. The SMILES string of the molecule is CN(CC(F)F)c1nccc(CN)n1. The van der Waals surface area contributed by atoms with Crippen molar-refractivity contribution in [2.24, 2.45) is 5.73 Å². The maximum atomic E-state index is 12.0. The molecule has 0 atom stereocenters. The van der Waals surface area contributed by atoms with Crippen molar-refractivity contribution in [3.05, 3.63) is 18.0 Å². The molecule has 1 heterocycles. The molecule has 0 aliphatic heterocycles. The molecule has 0 aliphatic carbocycles. The van der Waals surface area contributed by atoms with Gasteiger partial charge in [-0.2, -0.15) is 0 Å². The molecule has 78 valence electrons. The largest absolute Gasteiger partial charge is 0.338 e. The lowest BCUT2D eigenvalue weighted by Crippen LogP contribution is -2.26. The van der Waals surface area contributed by atoms with Crippen LogP contribution in [0.25, 0.3) is 0 Å². The number of rotatable bonds is 4. The molecule has 0 bridgehead atoms. The second-order valence-electron chi connectivity index (χ2n) is 2.82. The van der Waals surface area contributed by atoms with Gasteiger partial charge in [-0.25, -0.2) is 18.7 Å². The first-order valence-corrected chi connectivity index (χ1v) is 4.14. The molecular formula is C8H12F2N4. The third-order valence-corrected chi connectivity index (χ3v) is 1.66. The van der Waals surface area contributed by atoms with Crippen molar-refractivity contribution in [3.8, 4) is 0 Å². The first-order valence-electron chi connectivity index (χ1n) is 4.14. The number of hydrogen-bond donors (Lipinski definition) is 1. The van der Waals surface area contributed by atoms with Crippen LogP contribution in [0.1, 0.15) is 5.69 Å². The summed E-state index contributed by atoms with van der Waals surface area (Å²) in [5.41, 5.74) is 6.00. The number of nitrogens with two attached hydrogens (primary N) is 1. The van der Waals surface area contributed by atoms with Crippen LogP contribution < -0.4 is 10.6 Å². The molecule has 0 unspecified atom stereocenters. The van der Waals surface area contributed by atoms with Gasteiger partial charge in [-0.3, -0.25) is 0 Å². The van der Waals surface area contributed by atoms with E-state index in [0.717, 1.165) is 0 Å². The molecule has 0 amide bonds. The van der Waals surface area contributed by atoms with Gasteiger partial charge in [0.05, 0.1) is 12.2 Å². The van der Waals surface area contributed by atoms with Crippen molar-refractivity contribution in [3.63, 3.8) is 0 Å². The average molecular weight is 202 g/mol. The zero-order chi connectivity index (χ0) is 10.6. The summed E-state index contributed by atoms with van der Waals surface area (Å²) in [4.78, 5) is 9.16. The highest BCUT2D eigenvalue weighted by Crippen LogP contribution is 2.07. The van der Waals surface area contributed by atoms with Crippen LogP contribution in [0.15, 0.2) is 12.3 Å².